The van der Waals surface area contributed by atoms with Gasteiger partial charge in [-0.15, -0.1) is 0 Å². The van der Waals surface area contributed by atoms with E-state index < -0.39 is 0 Å². The molecule has 1 aromatic rings. The van der Waals surface area contributed by atoms with Crippen LogP contribution in [0.3, 0.4) is 0 Å². The minimum Gasteiger partial charge on any atom is -0.369 e. The third-order valence-electron chi connectivity index (χ3n) is 1.91. The molecule has 1 amide bonds. The van der Waals surface area contributed by atoms with Gasteiger partial charge in [-0.05, 0) is 26.0 Å². The van der Waals surface area contributed by atoms with Gasteiger partial charge in [0, 0.05) is 11.8 Å². The lowest BCUT2D eigenvalue weighted by molar-refractivity contribution is -0.121. The topological polar surface area (TPSA) is 77.2 Å². The minimum absolute atomic E-state index is 0.0120. The fourth-order valence-corrected chi connectivity index (χ4v) is 1.15. The van der Waals surface area contributed by atoms with Gasteiger partial charge in [-0.3, -0.25) is 4.79 Å². The summed E-state index contributed by atoms with van der Waals surface area (Å²) in [6.45, 7) is 4.05. The first kappa shape index (κ1) is 14.2. The smallest absolute Gasteiger partial charge is 0.251 e. The Labute approximate surface area is 107 Å². The van der Waals surface area contributed by atoms with E-state index in [2.05, 4.69) is 22.1 Å². The van der Waals surface area contributed by atoms with E-state index in [1.807, 2.05) is 13.8 Å². The molecule has 1 heterocycles. The predicted molar refractivity (Wildman–Crippen MR) is 69.9 cm³/mol. The second-order valence-corrected chi connectivity index (χ2v) is 3.84. The molecule has 1 aromatic heterocycles. The molecule has 0 fully saturated rings. The lowest BCUT2D eigenvalue weighted by atomic mass is 10.2. The van der Waals surface area contributed by atoms with E-state index in [1.54, 1.807) is 18.3 Å². The van der Waals surface area contributed by atoms with Crippen LogP contribution < -0.4 is 11.1 Å². The normalized spacial score (nSPS) is 9.78. The molecule has 0 aliphatic carbocycles. The molecule has 1 rings (SSSR count). The minimum atomic E-state index is -0.236. The Balaban J connectivity index is 2.59. The predicted octanol–water partition coefficient (Wildman–Crippen LogP) is 0.755. The number of nitrogens with one attached hydrogen (secondary N) is 1. The quantitative estimate of drug-likeness (QED) is 0.770. The van der Waals surface area contributed by atoms with Gasteiger partial charge in [-0.2, -0.15) is 0 Å². The monoisotopic (exact) mass is 247 g/mol. The summed E-state index contributed by atoms with van der Waals surface area (Å²) >= 11 is 0. The van der Waals surface area contributed by atoms with Crippen LogP contribution >= 0.6 is 0 Å². The number of carbonyl (C=O) groups excluding carboxylic acids is 1. The number of amides is 1. The van der Waals surface area contributed by atoms with Crippen molar-refractivity contribution in [1.29, 1.82) is 0 Å². The van der Waals surface area contributed by atoms with E-state index in [-0.39, 0.29) is 18.6 Å². The molecule has 0 saturated carbocycles. The number of nitrogens with two attached hydrogens (primary N) is 1. The van der Waals surface area contributed by atoms with E-state index in [1.165, 1.54) is 0 Å². The molecule has 5 nitrogen and oxygen atoms in total. The van der Waals surface area contributed by atoms with Crippen LogP contribution in [-0.2, 0) is 9.53 Å². The van der Waals surface area contributed by atoms with Crippen molar-refractivity contribution in [2.24, 2.45) is 5.73 Å². The number of ether oxygens (including phenoxy) is 1. The second-order valence-electron chi connectivity index (χ2n) is 3.84. The number of hydrogen-bond donors (Lipinski definition) is 2. The van der Waals surface area contributed by atoms with Crippen LogP contribution in [0.25, 0.3) is 0 Å². The van der Waals surface area contributed by atoms with Crippen molar-refractivity contribution in [3.63, 3.8) is 0 Å². The molecule has 0 bridgehead atoms. The van der Waals surface area contributed by atoms with Gasteiger partial charge in [0.15, 0.2) is 0 Å². The highest BCUT2D eigenvalue weighted by Gasteiger charge is 2.04. The molecule has 18 heavy (non-hydrogen) atoms. The van der Waals surface area contributed by atoms with E-state index in [9.17, 15) is 4.79 Å². The SMILES string of the molecule is CC(C)OCC(=O)Nc1cc(C#CCN)ccn1. The molecular formula is C13H17N3O2. The Kier molecular flexibility index (Phi) is 5.85. The van der Waals surface area contributed by atoms with Gasteiger partial charge in [-0.25, -0.2) is 4.98 Å². The second kappa shape index (κ2) is 7.43. The van der Waals surface area contributed by atoms with Crippen molar-refractivity contribution in [1.82, 2.24) is 4.98 Å². The van der Waals surface area contributed by atoms with Crippen molar-refractivity contribution < 1.29 is 9.53 Å². The highest BCUT2D eigenvalue weighted by Crippen LogP contribution is 2.05. The highest BCUT2D eigenvalue weighted by atomic mass is 16.5. The maximum absolute atomic E-state index is 11.5. The molecule has 0 aliphatic heterocycles. The van der Waals surface area contributed by atoms with Gasteiger partial charge in [-0.1, -0.05) is 11.8 Å². The molecule has 0 saturated heterocycles. The maximum Gasteiger partial charge on any atom is 0.251 e. The maximum atomic E-state index is 11.5. The zero-order chi connectivity index (χ0) is 13.4. The number of nitrogens with zero attached hydrogens (tertiary/aromatic N) is 1. The Morgan fingerprint density at radius 3 is 3.06 bits per heavy atom. The molecule has 0 atom stereocenters. The van der Waals surface area contributed by atoms with Crippen LogP contribution in [0.15, 0.2) is 18.3 Å². The molecule has 3 N–H and O–H groups in total. The van der Waals surface area contributed by atoms with E-state index in [0.717, 1.165) is 5.56 Å². The number of pyridine rings is 1. The van der Waals surface area contributed by atoms with Crippen LogP contribution in [-0.4, -0.2) is 30.1 Å². The Morgan fingerprint density at radius 1 is 1.61 bits per heavy atom. The van der Waals surface area contributed by atoms with Gasteiger partial charge >= 0.3 is 0 Å². The molecular weight excluding hydrogens is 230 g/mol. The fraction of sp³-hybridized carbons (Fsp3) is 0.385. The average molecular weight is 247 g/mol. The highest BCUT2D eigenvalue weighted by molar-refractivity contribution is 5.90. The van der Waals surface area contributed by atoms with E-state index in [0.29, 0.717) is 12.4 Å². The fourth-order valence-electron chi connectivity index (χ4n) is 1.15. The first-order valence-corrected chi connectivity index (χ1v) is 5.68. The lowest BCUT2D eigenvalue weighted by Gasteiger charge is -2.07. The van der Waals surface area contributed by atoms with Crippen LogP contribution in [0.1, 0.15) is 19.4 Å². The van der Waals surface area contributed by atoms with Gasteiger partial charge < -0.3 is 15.8 Å². The van der Waals surface area contributed by atoms with Gasteiger partial charge in [0.1, 0.15) is 12.4 Å². The average Bonchev–Trinajstić information content (AvgIpc) is 2.34. The number of carbonyl (C=O) groups is 1. The van der Waals surface area contributed by atoms with E-state index >= 15 is 0 Å². The zero-order valence-corrected chi connectivity index (χ0v) is 10.6. The summed E-state index contributed by atoms with van der Waals surface area (Å²) in [6, 6.07) is 3.44. The summed E-state index contributed by atoms with van der Waals surface area (Å²) in [5.41, 5.74) is 6.05. The first-order valence-electron chi connectivity index (χ1n) is 5.68. The lowest BCUT2D eigenvalue weighted by Crippen LogP contribution is -2.21. The van der Waals surface area contributed by atoms with Crippen LogP contribution in [0.4, 0.5) is 5.82 Å². The van der Waals surface area contributed by atoms with Gasteiger partial charge in [0.2, 0.25) is 0 Å². The molecule has 96 valence electrons. The Hall–Kier alpha value is -1.90. The number of aromatic nitrogens is 1. The van der Waals surface area contributed by atoms with Crippen LogP contribution in [0.2, 0.25) is 0 Å². The third-order valence-corrected chi connectivity index (χ3v) is 1.91. The van der Waals surface area contributed by atoms with Crippen molar-refractivity contribution >= 4 is 11.7 Å². The summed E-state index contributed by atoms with van der Waals surface area (Å²) in [6.07, 6.45) is 1.60. The summed E-state index contributed by atoms with van der Waals surface area (Å²) in [7, 11) is 0. The number of hydrogen-bond acceptors (Lipinski definition) is 4. The number of anilines is 1. The standard InChI is InChI=1S/C13H17N3O2/c1-10(2)18-9-13(17)16-12-8-11(4-3-6-14)5-7-15-12/h5,7-8,10H,6,9,14H2,1-2H3,(H,15,16,17). The molecule has 0 radical (unpaired) electrons. The largest absolute Gasteiger partial charge is 0.369 e. The van der Waals surface area contributed by atoms with Crippen molar-refractivity contribution in [2.75, 3.05) is 18.5 Å². The molecule has 5 heteroatoms. The first-order chi connectivity index (χ1) is 8.61. The number of rotatable bonds is 4. The van der Waals surface area contributed by atoms with Gasteiger partial charge in [0.05, 0.1) is 12.6 Å². The third kappa shape index (κ3) is 5.43. The summed E-state index contributed by atoms with van der Waals surface area (Å²) in [5, 5.41) is 2.64. The van der Waals surface area contributed by atoms with Crippen LogP contribution in [0, 0.1) is 11.8 Å². The van der Waals surface area contributed by atoms with E-state index in [4.69, 9.17) is 10.5 Å². The van der Waals surface area contributed by atoms with Crippen molar-refractivity contribution in [3.05, 3.63) is 23.9 Å². The molecule has 0 aromatic carbocycles. The molecule has 0 unspecified atom stereocenters. The summed E-state index contributed by atoms with van der Waals surface area (Å²) < 4.78 is 5.19. The van der Waals surface area contributed by atoms with Gasteiger partial charge in [0.25, 0.3) is 5.91 Å². The van der Waals surface area contributed by atoms with Crippen LogP contribution in [0.5, 0.6) is 0 Å². The molecule has 0 spiro atoms. The molecule has 0 aliphatic rings. The summed E-state index contributed by atoms with van der Waals surface area (Å²) in [5.74, 6) is 5.83. The zero-order valence-electron chi connectivity index (χ0n) is 10.6. The summed E-state index contributed by atoms with van der Waals surface area (Å²) in [4.78, 5) is 15.5. The Bertz CT molecular complexity index is 461. The van der Waals surface area contributed by atoms with Crippen molar-refractivity contribution in [2.45, 2.75) is 20.0 Å². The van der Waals surface area contributed by atoms with Crippen molar-refractivity contribution in [3.8, 4) is 11.8 Å². The Morgan fingerprint density at radius 2 is 2.39 bits per heavy atom.